The first kappa shape index (κ1) is 15.1. The van der Waals surface area contributed by atoms with Crippen molar-refractivity contribution in [1.82, 2.24) is 14.9 Å². The summed E-state index contributed by atoms with van der Waals surface area (Å²) in [6.45, 7) is 1.62. The van der Waals surface area contributed by atoms with Crippen LogP contribution in [0, 0.1) is 0 Å². The Balaban J connectivity index is 2.07. The van der Waals surface area contributed by atoms with Gasteiger partial charge in [-0.3, -0.25) is 19.1 Å². The number of nitrogens with one attached hydrogen (secondary N) is 2. The van der Waals surface area contributed by atoms with Crippen LogP contribution in [-0.2, 0) is 11.3 Å². The molecule has 1 aromatic carbocycles. The van der Waals surface area contributed by atoms with E-state index in [1.807, 2.05) is 12.1 Å². The molecule has 2 N–H and O–H groups in total. The van der Waals surface area contributed by atoms with Gasteiger partial charge in [0, 0.05) is 17.3 Å². The largest absolute Gasteiger partial charge is 0.348 e. The highest BCUT2D eigenvalue weighted by Crippen LogP contribution is 2.21. The normalized spacial score (nSPS) is 11.9. The molecule has 1 aromatic heterocycles. The molecule has 0 spiro atoms. The molecular weight excluding hydrogens is 294 g/mol. The maximum absolute atomic E-state index is 11.9. The number of carbonyl (C=O) groups is 1. The molecule has 2 aromatic rings. The first-order valence-corrected chi connectivity index (χ1v) is 6.68. The van der Waals surface area contributed by atoms with Crippen molar-refractivity contribution < 1.29 is 4.79 Å². The number of hydrogen-bond donors (Lipinski definition) is 2. The summed E-state index contributed by atoms with van der Waals surface area (Å²) in [4.78, 5) is 36.5. The number of H-pyrrole nitrogens is 1. The van der Waals surface area contributed by atoms with Gasteiger partial charge in [0.25, 0.3) is 5.56 Å². The summed E-state index contributed by atoms with van der Waals surface area (Å²) >= 11 is 6.06. The number of amides is 1. The third kappa shape index (κ3) is 3.82. The van der Waals surface area contributed by atoms with E-state index in [9.17, 15) is 14.4 Å². The molecule has 1 heterocycles. The highest BCUT2D eigenvalue weighted by Gasteiger charge is 2.12. The number of aromatic nitrogens is 2. The number of benzene rings is 1. The maximum Gasteiger partial charge on any atom is 0.328 e. The lowest BCUT2D eigenvalue weighted by atomic mass is 10.1. The van der Waals surface area contributed by atoms with Gasteiger partial charge in [0.1, 0.15) is 6.54 Å². The van der Waals surface area contributed by atoms with Crippen LogP contribution in [0.3, 0.4) is 0 Å². The van der Waals surface area contributed by atoms with Crippen molar-refractivity contribution in [3.8, 4) is 0 Å². The number of aromatic amines is 1. The van der Waals surface area contributed by atoms with E-state index in [4.69, 9.17) is 11.6 Å². The van der Waals surface area contributed by atoms with Crippen LogP contribution < -0.4 is 16.6 Å². The molecule has 0 aliphatic carbocycles. The third-order valence-electron chi connectivity index (χ3n) is 2.96. The van der Waals surface area contributed by atoms with Crippen LogP contribution in [-0.4, -0.2) is 15.5 Å². The molecule has 6 nitrogen and oxygen atoms in total. The molecule has 110 valence electrons. The van der Waals surface area contributed by atoms with Crippen molar-refractivity contribution in [2.75, 3.05) is 0 Å². The van der Waals surface area contributed by atoms with Gasteiger partial charge in [-0.05, 0) is 18.6 Å². The predicted molar refractivity (Wildman–Crippen MR) is 79.3 cm³/mol. The minimum absolute atomic E-state index is 0.176. The molecule has 0 aliphatic rings. The summed E-state index contributed by atoms with van der Waals surface area (Å²) in [6, 6.07) is 8.10. The highest BCUT2D eigenvalue weighted by atomic mass is 35.5. The maximum atomic E-state index is 11.9. The molecule has 0 bridgehead atoms. The third-order valence-corrected chi connectivity index (χ3v) is 3.30. The van der Waals surface area contributed by atoms with Gasteiger partial charge < -0.3 is 5.32 Å². The fourth-order valence-electron chi connectivity index (χ4n) is 1.91. The second-order valence-corrected chi connectivity index (χ2v) is 4.96. The van der Waals surface area contributed by atoms with Crippen molar-refractivity contribution in [2.24, 2.45) is 0 Å². The van der Waals surface area contributed by atoms with Crippen molar-refractivity contribution in [1.29, 1.82) is 0 Å². The molecule has 21 heavy (non-hydrogen) atoms. The lowest BCUT2D eigenvalue weighted by molar-refractivity contribution is -0.122. The van der Waals surface area contributed by atoms with E-state index < -0.39 is 11.2 Å². The van der Waals surface area contributed by atoms with Crippen LogP contribution in [0.25, 0.3) is 0 Å². The lowest BCUT2D eigenvalue weighted by Crippen LogP contribution is -2.36. The zero-order valence-electron chi connectivity index (χ0n) is 11.3. The summed E-state index contributed by atoms with van der Waals surface area (Å²) in [5.74, 6) is -0.350. The quantitative estimate of drug-likeness (QED) is 0.886. The number of rotatable bonds is 4. The van der Waals surface area contributed by atoms with E-state index in [-0.39, 0.29) is 18.5 Å². The molecule has 0 fully saturated rings. The number of carbonyl (C=O) groups excluding carboxylic acids is 1. The summed E-state index contributed by atoms with van der Waals surface area (Å²) in [7, 11) is 0. The van der Waals surface area contributed by atoms with Gasteiger partial charge >= 0.3 is 5.69 Å². The Morgan fingerprint density at radius 3 is 2.71 bits per heavy atom. The lowest BCUT2D eigenvalue weighted by Gasteiger charge is -2.16. The van der Waals surface area contributed by atoms with Gasteiger partial charge in [0.05, 0.1) is 6.04 Å². The summed E-state index contributed by atoms with van der Waals surface area (Å²) in [6.07, 6.45) is 1.28. The Morgan fingerprint density at radius 1 is 1.33 bits per heavy atom. The van der Waals surface area contributed by atoms with Crippen LogP contribution in [0.1, 0.15) is 18.5 Å². The molecule has 0 saturated heterocycles. The highest BCUT2D eigenvalue weighted by molar-refractivity contribution is 6.31. The van der Waals surface area contributed by atoms with E-state index in [1.54, 1.807) is 19.1 Å². The molecule has 0 radical (unpaired) electrons. The van der Waals surface area contributed by atoms with Crippen LogP contribution in [0.2, 0.25) is 5.02 Å². The van der Waals surface area contributed by atoms with E-state index in [0.717, 1.165) is 10.1 Å². The monoisotopic (exact) mass is 307 g/mol. The average Bonchev–Trinajstić information content (AvgIpc) is 2.42. The number of halogens is 1. The molecule has 0 unspecified atom stereocenters. The summed E-state index contributed by atoms with van der Waals surface area (Å²) in [5.41, 5.74) is -0.328. The Labute approximate surface area is 125 Å². The van der Waals surface area contributed by atoms with Crippen LogP contribution in [0.4, 0.5) is 0 Å². The van der Waals surface area contributed by atoms with Gasteiger partial charge in [-0.1, -0.05) is 29.8 Å². The Hall–Kier alpha value is -2.34. The second kappa shape index (κ2) is 6.41. The van der Waals surface area contributed by atoms with Gasteiger partial charge in [-0.2, -0.15) is 0 Å². The van der Waals surface area contributed by atoms with E-state index in [0.29, 0.717) is 5.02 Å². The Morgan fingerprint density at radius 2 is 2.05 bits per heavy atom. The minimum Gasteiger partial charge on any atom is -0.348 e. The Bertz CT molecular complexity index is 766. The first-order valence-electron chi connectivity index (χ1n) is 6.31. The van der Waals surface area contributed by atoms with Gasteiger partial charge in [-0.25, -0.2) is 4.79 Å². The van der Waals surface area contributed by atoms with Gasteiger partial charge in [0.2, 0.25) is 5.91 Å². The SMILES string of the molecule is C[C@H](NC(=O)Cn1ccc(=O)[nH]c1=O)c1ccccc1Cl. The van der Waals surface area contributed by atoms with Crippen molar-refractivity contribution in [3.05, 3.63) is 68.0 Å². The van der Waals surface area contributed by atoms with E-state index in [2.05, 4.69) is 10.3 Å². The summed E-state index contributed by atoms with van der Waals surface area (Å²) in [5, 5.41) is 3.31. The zero-order valence-corrected chi connectivity index (χ0v) is 12.1. The predicted octanol–water partition coefficient (Wildman–Crippen LogP) is 1.07. The fraction of sp³-hybridized carbons (Fsp3) is 0.214. The fourth-order valence-corrected chi connectivity index (χ4v) is 2.21. The number of nitrogens with zero attached hydrogens (tertiary/aromatic N) is 1. The molecule has 0 aliphatic heterocycles. The topological polar surface area (TPSA) is 84.0 Å². The van der Waals surface area contributed by atoms with Crippen molar-refractivity contribution in [3.63, 3.8) is 0 Å². The van der Waals surface area contributed by atoms with Crippen molar-refractivity contribution >= 4 is 17.5 Å². The molecule has 0 saturated carbocycles. The van der Waals surface area contributed by atoms with Crippen LogP contribution in [0.15, 0.2) is 46.1 Å². The van der Waals surface area contributed by atoms with Gasteiger partial charge in [0.15, 0.2) is 0 Å². The van der Waals surface area contributed by atoms with E-state index in [1.165, 1.54) is 12.3 Å². The molecule has 1 amide bonds. The smallest absolute Gasteiger partial charge is 0.328 e. The first-order chi connectivity index (χ1) is 9.97. The van der Waals surface area contributed by atoms with Gasteiger partial charge in [-0.15, -0.1) is 0 Å². The zero-order chi connectivity index (χ0) is 15.4. The average molecular weight is 308 g/mol. The van der Waals surface area contributed by atoms with E-state index >= 15 is 0 Å². The second-order valence-electron chi connectivity index (χ2n) is 4.55. The van der Waals surface area contributed by atoms with Crippen LogP contribution >= 0.6 is 11.6 Å². The molecule has 7 heteroatoms. The molecule has 1 atom stereocenters. The standard InChI is InChI=1S/C14H14ClN3O3/c1-9(10-4-2-3-5-11(10)15)16-13(20)8-18-7-6-12(19)17-14(18)21/h2-7,9H,8H2,1H3,(H,16,20)(H,17,19,21)/t9-/m0/s1. The summed E-state index contributed by atoms with van der Waals surface area (Å²) < 4.78 is 1.12. The van der Waals surface area contributed by atoms with Crippen molar-refractivity contribution in [2.45, 2.75) is 19.5 Å². The Kier molecular flexibility index (Phi) is 4.59. The molecular formula is C14H14ClN3O3. The van der Waals surface area contributed by atoms with Crippen LogP contribution in [0.5, 0.6) is 0 Å². The molecule has 2 rings (SSSR count). The minimum atomic E-state index is -0.622. The number of hydrogen-bond acceptors (Lipinski definition) is 3.